The molecule has 0 atom stereocenters. The van der Waals surface area contributed by atoms with Gasteiger partial charge >= 0.3 is 0 Å². The summed E-state index contributed by atoms with van der Waals surface area (Å²) < 4.78 is 55.1. The van der Waals surface area contributed by atoms with Gasteiger partial charge in [-0.05, 0) is 24.3 Å². The van der Waals surface area contributed by atoms with Crippen molar-refractivity contribution < 1.29 is 26.7 Å². The van der Waals surface area contributed by atoms with E-state index in [1.165, 1.54) is 6.07 Å². The van der Waals surface area contributed by atoms with E-state index < -0.39 is 39.1 Å². The van der Waals surface area contributed by atoms with Crippen LogP contribution in [0.2, 0.25) is 5.02 Å². The van der Waals surface area contributed by atoms with E-state index in [1.807, 2.05) is 5.43 Å². The highest BCUT2D eigenvalue weighted by atomic mass is 35.5. The lowest BCUT2D eigenvalue weighted by molar-refractivity contribution is -0.123. The zero-order valence-corrected chi connectivity index (χ0v) is 13.5. The molecule has 6 nitrogen and oxygen atoms in total. The second kappa shape index (κ2) is 7.56. The van der Waals surface area contributed by atoms with Crippen molar-refractivity contribution in [2.75, 3.05) is 6.61 Å². The molecule has 0 saturated heterocycles. The van der Waals surface area contributed by atoms with Crippen LogP contribution in [0.15, 0.2) is 47.4 Å². The molecule has 0 saturated carbocycles. The highest BCUT2D eigenvalue weighted by Gasteiger charge is 2.20. The Labute approximate surface area is 141 Å². The Morgan fingerprint density at radius 3 is 2.54 bits per heavy atom. The average molecular weight is 377 g/mol. The zero-order valence-electron chi connectivity index (χ0n) is 11.9. The number of ether oxygens (including phenoxy) is 1. The summed E-state index contributed by atoms with van der Waals surface area (Å²) in [5.74, 6) is -2.82. The molecule has 0 radical (unpaired) electrons. The lowest BCUT2D eigenvalue weighted by Gasteiger charge is -2.10. The molecule has 2 aromatic carbocycles. The maximum absolute atomic E-state index is 13.5. The maximum atomic E-state index is 13.5. The first-order chi connectivity index (χ1) is 11.3. The minimum atomic E-state index is -4.40. The molecule has 1 amide bonds. The van der Waals surface area contributed by atoms with Crippen LogP contribution in [0.3, 0.4) is 0 Å². The highest BCUT2D eigenvalue weighted by Crippen LogP contribution is 2.22. The van der Waals surface area contributed by atoms with E-state index in [2.05, 4.69) is 0 Å². The van der Waals surface area contributed by atoms with Crippen molar-refractivity contribution in [1.29, 1.82) is 0 Å². The van der Waals surface area contributed by atoms with Gasteiger partial charge in [-0.15, -0.1) is 4.83 Å². The number of hydrogen-bond donors (Lipinski definition) is 2. The standard InChI is InChI=1S/C14H11ClF2N2O4S/c15-10-3-1-2-4-12(10)23-8-14(20)18-19-24(21,22)13-6-5-9(16)7-11(13)17/h1-7,19H,8H2,(H,18,20). The fourth-order valence-corrected chi connectivity index (χ4v) is 2.72. The highest BCUT2D eigenvalue weighted by molar-refractivity contribution is 7.89. The van der Waals surface area contributed by atoms with Gasteiger partial charge in [0.2, 0.25) is 0 Å². The van der Waals surface area contributed by atoms with Crippen LogP contribution >= 0.6 is 11.6 Å². The SMILES string of the molecule is O=C(COc1ccccc1Cl)NNS(=O)(=O)c1ccc(F)cc1F. The second-order valence-corrected chi connectivity index (χ2v) is 6.51. The van der Waals surface area contributed by atoms with Crippen LogP contribution in [-0.4, -0.2) is 20.9 Å². The number of nitrogens with one attached hydrogen (secondary N) is 2. The van der Waals surface area contributed by atoms with Crippen molar-refractivity contribution >= 4 is 27.5 Å². The van der Waals surface area contributed by atoms with Crippen molar-refractivity contribution in [2.45, 2.75) is 4.90 Å². The molecule has 0 aromatic heterocycles. The lowest BCUT2D eigenvalue weighted by Crippen LogP contribution is -2.44. The first kappa shape index (κ1) is 18.1. The van der Waals surface area contributed by atoms with Crippen LogP contribution < -0.4 is 15.0 Å². The summed E-state index contributed by atoms with van der Waals surface area (Å²) in [5.41, 5.74) is 1.85. The van der Waals surface area contributed by atoms with Gasteiger partial charge in [-0.2, -0.15) is 0 Å². The van der Waals surface area contributed by atoms with Gasteiger partial charge in [-0.25, -0.2) is 17.2 Å². The van der Waals surface area contributed by atoms with E-state index in [0.717, 1.165) is 12.1 Å². The molecule has 128 valence electrons. The third kappa shape index (κ3) is 4.63. The molecule has 2 aromatic rings. The monoisotopic (exact) mass is 376 g/mol. The summed E-state index contributed by atoms with van der Waals surface area (Å²) in [6.45, 7) is -0.530. The van der Waals surface area contributed by atoms with Gasteiger partial charge in [0.15, 0.2) is 6.61 Å². The number of sulfonamides is 1. The van der Waals surface area contributed by atoms with E-state index in [-0.39, 0.29) is 10.8 Å². The Hall–Kier alpha value is -2.23. The summed E-state index contributed by atoms with van der Waals surface area (Å²) >= 11 is 5.83. The van der Waals surface area contributed by atoms with Crippen LogP contribution in [0.5, 0.6) is 5.75 Å². The largest absolute Gasteiger partial charge is 0.482 e. The minimum Gasteiger partial charge on any atom is -0.482 e. The average Bonchev–Trinajstić information content (AvgIpc) is 2.52. The lowest BCUT2D eigenvalue weighted by atomic mass is 10.3. The zero-order chi connectivity index (χ0) is 17.7. The number of hydrogen-bond acceptors (Lipinski definition) is 4. The molecule has 0 aliphatic heterocycles. The van der Waals surface area contributed by atoms with E-state index in [9.17, 15) is 22.0 Å². The molecule has 0 bridgehead atoms. The molecule has 0 spiro atoms. The second-order valence-electron chi connectivity index (χ2n) is 4.45. The molecule has 0 aliphatic rings. The fraction of sp³-hybridized carbons (Fsp3) is 0.0714. The normalized spacial score (nSPS) is 11.1. The minimum absolute atomic E-state index is 0.238. The summed E-state index contributed by atoms with van der Waals surface area (Å²) in [5, 5.41) is 0.277. The molecule has 10 heteroatoms. The number of carbonyl (C=O) groups excluding carboxylic acids is 1. The Balaban J connectivity index is 1.94. The Morgan fingerprint density at radius 2 is 1.88 bits per heavy atom. The topological polar surface area (TPSA) is 84.5 Å². The van der Waals surface area contributed by atoms with Crippen LogP contribution in [-0.2, 0) is 14.8 Å². The number of rotatable bonds is 6. The quantitative estimate of drug-likeness (QED) is 0.755. The fourth-order valence-electron chi connectivity index (χ4n) is 1.61. The molecule has 0 heterocycles. The molecular weight excluding hydrogens is 366 g/mol. The van der Waals surface area contributed by atoms with E-state index in [0.29, 0.717) is 6.07 Å². The molecule has 0 unspecified atom stereocenters. The van der Waals surface area contributed by atoms with E-state index >= 15 is 0 Å². The first-order valence-electron chi connectivity index (χ1n) is 6.42. The molecule has 2 rings (SSSR count). The third-order valence-corrected chi connectivity index (χ3v) is 4.30. The maximum Gasteiger partial charge on any atom is 0.272 e. The van der Waals surface area contributed by atoms with Crippen LogP contribution in [0.1, 0.15) is 0 Å². The number of carbonyl (C=O) groups is 1. The van der Waals surface area contributed by atoms with Gasteiger partial charge in [0.1, 0.15) is 22.3 Å². The van der Waals surface area contributed by atoms with Crippen molar-refractivity contribution in [3.05, 3.63) is 59.1 Å². The summed E-state index contributed by atoms with van der Waals surface area (Å²) in [6, 6.07) is 8.30. The number of amides is 1. The van der Waals surface area contributed by atoms with Gasteiger partial charge in [-0.1, -0.05) is 23.7 Å². The van der Waals surface area contributed by atoms with Crippen molar-refractivity contribution in [3.63, 3.8) is 0 Å². The van der Waals surface area contributed by atoms with Gasteiger partial charge in [-0.3, -0.25) is 10.2 Å². The number of halogens is 3. The Kier molecular flexibility index (Phi) is 5.71. The van der Waals surface area contributed by atoms with Gasteiger partial charge < -0.3 is 4.74 Å². The summed E-state index contributed by atoms with van der Waals surface area (Å²) in [7, 11) is -4.40. The summed E-state index contributed by atoms with van der Waals surface area (Å²) in [4.78, 5) is 12.5. The molecule has 24 heavy (non-hydrogen) atoms. The number of benzene rings is 2. The van der Waals surface area contributed by atoms with E-state index in [1.54, 1.807) is 23.0 Å². The van der Waals surface area contributed by atoms with Crippen molar-refractivity contribution in [2.24, 2.45) is 0 Å². The summed E-state index contributed by atoms with van der Waals surface area (Å²) in [6.07, 6.45) is 0. The van der Waals surface area contributed by atoms with Gasteiger partial charge in [0.25, 0.3) is 15.9 Å². The first-order valence-corrected chi connectivity index (χ1v) is 8.29. The molecule has 0 aliphatic carbocycles. The Morgan fingerprint density at radius 1 is 1.17 bits per heavy atom. The van der Waals surface area contributed by atoms with Gasteiger partial charge in [0.05, 0.1) is 5.02 Å². The van der Waals surface area contributed by atoms with Crippen LogP contribution in [0.4, 0.5) is 8.78 Å². The van der Waals surface area contributed by atoms with Crippen LogP contribution in [0, 0.1) is 11.6 Å². The molecular formula is C14H11ClF2N2O4S. The van der Waals surface area contributed by atoms with Gasteiger partial charge in [0, 0.05) is 6.07 Å². The van der Waals surface area contributed by atoms with Crippen molar-refractivity contribution in [1.82, 2.24) is 10.3 Å². The van der Waals surface area contributed by atoms with E-state index in [4.69, 9.17) is 16.3 Å². The third-order valence-electron chi connectivity index (χ3n) is 2.70. The molecule has 0 fully saturated rings. The Bertz CT molecular complexity index is 862. The predicted molar refractivity (Wildman–Crippen MR) is 81.8 cm³/mol. The molecule has 2 N–H and O–H groups in total. The number of hydrazine groups is 1. The smallest absolute Gasteiger partial charge is 0.272 e. The number of para-hydroxylation sites is 1. The van der Waals surface area contributed by atoms with Crippen molar-refractivity contribution in [3.8, 4) is 5.75 Å². The van der Waals surface area contributed by atoms with Crippen LogP contribution in [0.25, 0.3) is 0 Å². The predicted octanol–water partition coefficient (Wildman–Crippen LogP) is 2.01.